The molecule has 9 heteroatoms. The Morgan fingerprint density at radius 1 is 1.23 bits per heavy atom. The minimum Gasteiger partial charge on any atom is -0.390 e. The van der Waals surface area contributed by atoms with E-state index >= 15 is 0 Å². The van der Waals surface area contributed by atoms with E-state index in [0.717, 1.165) is 6.42 Å². The Balaban J connectivity index is 1.51. The molecule has 9 nitrogen and oxygen atoms in total. The molecule has 3 amide bonds. The van der Waals surface area contributed by atoms with Crippen LogP contribution in [0.1, 0.15) is 26.2 Å². The normalized spacial score (nSPS) is 24.2. The number of urea groups is 1. The summed E-state index contributed by atoms with van der Waals surface area (Å²) in [5, 5.41) is 17.1. The van der Waals surface area contributed by atoms with Crippen LogP contribution in [-0.2, 0) is 16.1 Å². The first kappa shape index (κ1) is 18.7. The Morgan fingerprint density at radius 3 is 2.77 bits per heavy atom. The van der Waals surface area contributed by atoms with Crippen molar-refractivity contribution in [2.75, 3.05) is 44.7 Å². The quantitative estimate of drug-likeness (QED) is 0.813. The van der Waals surface area contributed by atoms with Gasteiger partial charge in [-0.05, 0) is 26.2 Å². The zero-order valence-corrected chi connectivity index (χ0v) is 15.2. The van der Waals surface area contributed by atoms with Crippen molar-refractivity contribution in [3.05, 3.63) is 12.4 Å². The summed E-state index contributed by atoms with van der Waals surface area (Å²) in [6.07, 6.45) is 5.22. The van der Waals surface area contributed by atoms with Crippen LogP contribution in [0.25, 0.3) is 0 Å². The molecule has 2 N–H and O–H groups in total. The number of ether oxygens (including phenoxy) is 1. The molecule has 1 aromatic heterocycles. The lowest BCUT2D eigenvalue weighted by molar-refractivity contribution is -0.136. The summed E-state index contributed by atoms with van der Waals surface area (Å²) < 4.78 is 6.77. The highest BCUT2D eigenvalue weighted by Crippen LogP contribution is 2.21. The Morgan fingerprint density at radius 2 is 2.00 bits per heavy atom. The minimum absolute atomic E-state index is 0.0102. The lowest BCUT2D eigenvalue weighted by Gasteiger charge is -2.26. The van der Waals surface area contributed by atoms with Crippen molar-refractivity contribution in [3.63, 3.8) is 0 Å². The van der Waals surface area contributed by atoms with Gasteiger partial charge in [-0.3, -0.25) is 9.48 Å². The van der Waals surface area contributed by atoms with Gasteiger partial charge in [0.25, 0.3) is 0 Å². The van der Waals surface area contributed by atoms with Gasteiger partial charge in [0.1, 0.15) is 6.54 Å². The molecular formula is C17H27N5O4. The van der Waals surface area contributed by atoms with E-state index in [-0.39, 0.29) is 18.5 Å². The van der Waals surface area contributed by atoms with Crippen molar-refractivity contribution in [3.8, 4) is 0 Å². The zero-order valence-electron chi connectivity index (χ0n) is 15.2. The Bertz CT molecular complexity index is 639. The van der Waals surface area contributed by atoms with E-state index in [1.54, 1.807) is 22.2 Å². The number of nitrogens with one attached hydrogen (secondary N) is 1. The molecule has 0 aromatic carbocycles. The molecule has 26 heavy (non-hydrogen) atoms. The number of nitrogens with zero attached hydrogens (tertiary/aromatic N) is 4. The van der Waals surface area contributed by atoms with Gasteiger partial charge in [-0.15, -0.1) is 0 Å². The number of morpholine rings is 1. The monoisotopic (exact) mass is 365 g/mol. The topological polar surface area (TPSA) is 99.9 Å². The van der Waals surface area contributed by atoms with E-state index in [9.17, 15) is 14.7 Å². The van der Waals surface area contributed by atoms with Crippen LogP contribution in [-0.4, -0.2) is 81.6 Å². The van der Waals surface area contributed by atoms with E-state index in [1.807, 2.05) is 6.92 Å². The van der Waals surface area contributed by atoms with Crippen LogP contribution >= 0.6 is 0 Å². The Hall–Kier alpha value is -2.13. The molecule has 3 rings (SSSR count). The van der Waals surface area contributed by atoms with Gasteiger partial charge in [0.2, 0.25) is 5.91 Å². The maximum absolute atomic E-state index is 12.4. The first-order valence-corrected chi connectivity index (χ1v) is 9.09. The third-order valence-electron chi connectivity index (χ3n) is 4.90. The summed E-state index contributed by atoms with van der Waals surface area (Å²) in [5.74, 6) is -0.0102. The molecule has 2 fully saturated rings. The molecule has 2 aliphatic rings. The van der Waals surface area contributed by atoms with Crippen molar-refractivity contribution >= 4 is 17.6 Å². The lowest BCUT2D eigenvalue weighted by atomic mass is 9.98. The Kier molecular flexibility index (Phi) is 5.77. The van der Waals surface area contributed by atoms with E-state index in [1.165, 1.54) is 4.68 Å². The molecule has 0 bridgehead atoms. The average Bonchev–Trinajstić information content (AvgIpc) is 2.96. The van der Waals surface area contributed by atoms with E-state index < -0.39 is 5.60 Å². The van der Waals surface area contributed by atoms with Crippen LogP contribution in [0.2, 0.25) is 0 Å². The number of aromatic nitrogens is 2. The summed E-state index contributed by atoms with van der Waals surface area (Å²) in [4.78, 5) is 28.1. The first-order valence-electron chi connectivity index (χ1n) is 9.09. The summed E-state index contributed by atoms with van der Waals surface area (Å²) in [7, 11) is 0. The predicted octanol–water partition coefficient (Wildman–Crippen LogP) is 0.511. The molecule has 1 aromatic rings. The Labute approximate surface area is 152 Å². The van der Waals surface area contributed by atoms with Gasteiger partial charge in [-0.25, -0.2) is 4.79 Å². The molecule has 3 heterocycles. The summed E-state index contributed by atoms with van der Waals surface area (Å²) >= 11 is 0. The molecule has 2 aliphatic heterocycles. The van der Waals surface area contributed by atoms with E-state index in [2.05, 4.69) is 10.4 Å². The predicted molar refractivity (Wildman–Crippen MR) is 94.7 cm³/mol. The van der Waals surface area contributed by atoms with Crippen LogP contribution in [0.5, 0.6) is 0 Å². The maximum Gasteiger partial charge on any atom is 0.321 e. The molecule has 144 valence electrons. The molecule has 0 spiro atoms. The van der Waals surface area contributed by atoms with Gasteiger partial charge in [0.15, 0.2) is 0 Å². The number of hydrogen-bond acceptors (Lipinski definition) is 5. The SMILES string of the molecule is CC1(O)CCCN(C(=O)Nc2cnn(CC(=O)N3CCOCC3)c2)CC1. The smallest absolute Gasteiger partial charge is 0.321 e. The van der Waals surface area contributed by atoms with E-state index in [0.29, 0.717) is 57.9 Å². The number of carbonyl (C=O) groups excluding carboxylic acids is 2. The second-order valence-electron chi connectivity index (χ2n) is 7.19. The van der Waals surface area contributed by atoms with Gasteiger partial charge < -0.3 is 25.0 Å². The van der Waals surface area contributed by atoms with Crippen molar-refractivity contribution in [2.45, 2.75) is 38.3 Å². The lowest BCUT2D eigenvalue weighted by Crippen LogP contribution is -2.42. The average molecular weight is 365 g/mol. The van der Waals surface area contributed by atoms with Gasteiger partial charge in [0.05, 0.1) is 30.7 Å². The van der Waals surface area contributed by atoms with Gasteiger partial charge in [-0.1, -0.05) is 0 Å². The van der Waals surface area contributed by atoms with Crippen LogP contribution in [0.4, 0.5) is 10.5 Å². The largest absolute Gasteiger partial charge is 0.390 e. The summed E-state index contributed by atoms with van der Waals surface area (Å²) in [5.41, 5.74) is -0.152. The fraction of sp³-hybridized carbons (Fsp3) is 0.706. The highest BCUT2D eigenvalue weighted by atomic mass is 16.5. The van der Waals surface area contributed by atoms with Crippen LogP contribution in [0.15, 0.2) is 12.4 Å². The third kappa shape index (κ3) is 4.95. The van der Waals surface area contributed by atoms with Crippen LogP contribution < -0.4 is 5.32 Å². The number of carbonyl (C=O) groups is 2. The fourth-order valence-electron chi connectivity index (χ4n) is 3.23. The number of aliphatic hydroxyl groups is 1. The highest BCUT2D eigenvalue weighted by Gasteiger charge is 2.27. The number of anilines is 1. The van der Waals surface area contributed by atoms with Gasteiger partial charge in [-0.2, -0.15) is 5.10 Å². The third-order valence-corrected chi connectivity index (χ3v) is 4.90. The zero-order chi connectivity index (χ0) is 18.6. The van der Waals surface area contributed by atoms with Crippen molar-refractivity contribution in [1.29, 1.82) is 0 Å². The molecule has 2 saturated heterocycles. The number of likely N-dealkylation sites (tertiary alicyclic amines) is 1. The highest BCUT2D eigenvalue weighted by molar-refractivity contribution is 5.89. The number of rotatable bonds is 3. The second kappa shape index (κ2) is 8.05. The molecule has 0 saturated carbocycles. The van der Waals surface area contributed by atoms with Gasteiger partial charge in [0, 0.05) is 32.4 Å². The van der Waals surface area contributed by atoms with Crippen molar-refractivity contribution in [1.82, 2.24) is 19.6 Å². The van der Waals surface area contributed by atoms with Crippen LogP contribution in [0.3, 0.4) is 0 Å². The van der Waals surface area contributed by atoms with Crippen LogP contribution in [0, 0.1) is 0 Å². The van der Waals surface area contributed by atoms with Gasteiger partial charge >= 0.3 is 6.03 Å². The molecule has 0 radical (unpaired) electrons. The second-order valence-corrected chi connectivity index (χ2v) is 7.19. The summed E-state index contributed by atoms with van der Waals surface area (Å²) in [6.45, 7) is 5.41. The minimum atomic E-state index is -0.709. The number of hydrogen-bond donors (Lipinski definition) is 2. The summed E-state index contributed by atoms with van der Waals surface area (Å²) in [6, 6.07) is -0.207. The first-order chi connectivity index (χ1) is 12.4. The van der Waals surface area contributed by atoms with E-state index in [4.69, 9.17) is 4.74 Å². The molecular weight excluding hydrogens is 338 g/mol. The molecule has 0 aliphatic carbocycles. The molecule has 1 unspecified atom stereocenters. The van der Waals surface area contributed by atoms with Crippen molar-refractivity contribution in [2.24, 2.45) is 0 Å². The standard InChI is InChI=1S/C17H27N5O4/c1-17(25)3-2-5-21(6-4-17)16(24)19-14-11-18-22(12-14)13-15(23)20-7-9-26-10-8-20/h11-12,25H,2-10,13H2,1H3,(H,19,24). The van der Waals surface area contributed by atoms with Crippen molar-refractivity contribution < 1.29 is 19.4 Å². The molecule has 1 atom stereocenters. The maximum atomic E-state index is 12.4. The fourth-order valence-corrected chi connectivity index (χ4v) is 3.23. The number of amides is 3.